The topological polar surface area (TPSA) is 80.4 Å². The number of aromatic carboxylic acids is 1. The van der Waals surface area contributed by atoms with Crippen LogP contribution >= 0.6 is 11.6 Å². The van der Waals surface area contributed by atoms with Gasteiger partial charge in [-0.1, -0.05) is 17.7 Å². The van der Waals surface area contributed by atoms with E-state index >= 15 is 0 Å². The number of hydrogen-bond donors (Lipinski definition) is 2. The van der Waals surface area contributed by atoms with E-state index in [0.717, 1.165) is 0 Å². The molecule has 0 aliphatic heterocycles. The molecular formula is C10H8ClNO3. The molecule has 0 heterocycles. The summed E-state index contributed by atoms with van der Waals surface area (Å²) in [6.45, 7) is 0. The summed E-state index contributed by atoms with van der Waals surface area (Å²) in [6.07, 6.45) is 2.63. The first kappa shape index (κ1) is 11.3. The third-order valence-corrected chi connectivity index (χ3v) is 1.98. The Morgan fingerprint density at radius 1 is 1.40 bits per heavy atom. The average Bonchev–Trinajstić information content (AvgIpc) is 2.14. The molecule has 0 aliphatic carbocycles. The Morgan fingerprint density at radius 2 is 2.07 bits per heavy atom. The summed E-state index contributed by atoms with van der Waals surface area (Å²) in [4.78, 5) is 21.1. The van der Waals surface area contributed by atoms with Gasteiger partial charge in [-0.3, -0.25) is 4.79 Å². The number of carbonyl (C=O) groups excluding carboxylic acids is 1. The number of benzene rings is 1. The molecule has 78 valence electrons. The van der Waals surface area contributed by atoms with Crippen molar-refractivity contribution in [3.05, 3.63) is 40.4 Å². The molecule has 1 aromatic rings. The van der Waals surface area contributed by atoms with Gasteiger partial charge in [-0.25, -0.2) is 4.79 Å². The number of carboxylic acid groups (broad SMARTS) is 1. The molecule has 0 bridgehead atoms. The van der Waals surface area contributed by atoms with Crippen LogP contribution < -0.4 is 5.73 Å². The predicted octanol–water partition coefficient (Wildman–Crippen LogP) is 1.54. The molecule has 5 heteroatoms. The van der Waals surface area contributed by atoms with Gasteiger partial charge in [0.05, 0.1) is 10.6 Å². The minimum Gasteiger partial charge on any atom is -0.478 e. The summed E-state index contributed by atoms with van der Waals surface area (Å²) in [5.41, 5.74) is 5.54. The van der Waals surface area contributed by atoms with Gasteiger partial charge in [0.1, 0.15) is 0 Å². The van der Waals surface area contributed by atoms with Crippen molar-refractivity contribution < 1.29 is 14.7 Å². The van der Waals surface area contributed by atoms with Crippen LogP contribution in [-0.4, -0.2) is 17.0 Å². The van der Waals surface area contributed by atoms with Crippen LogP contribution in [0.4, 0.5) is 0 Å². The highest BCUT2D eigenvalue weighted by atomic mass is 35.5. The van der Waals surface area contributed by atoms with Gasteiger partial charge in [-0.05, 0) is 23.8 Å². The normalized spacial score (nSPS) is 10.5. The third-order valence-electron chi connectivity index (χ3n) is 1.66. The lowest BCUT2D eigenvalue weighted by Crippen LogP contribution is -2.05. The van der Waals surface area contributed by atoms with Gasteiger partial charge in [-0.15, -0.1) is 0 Å². The Hall–Kier alpha value is -1.81. The fourth-order valence-electron chi connectivity index (χ4n) is 0.987. The van der Waals surface area contributed by atoms with Crippen LogP contribution in [-0.2, 0) is 4.79 Å². The third kappa shape index (κ3) is 3.11. The SMILES string of the molecule is NC(=O)C=Cc1ccc(C(=O)O)c(Cl)c1. The van der Waals surface area contributed by atoms with Crippen LogP contribution in [0.2, 0.25) is 5.02 Å². The van der Waals surface area contributed by atoms with Crippen molar-refractivity contribution in [3.63, 3.8) is 0 Å². The van der Waals surface area contributed by atoms with Crippen molar-refractivity contribution in [2.45, 2.75) is 0 Å². The van der Waals surface area contributed by atoms with Crippen LogP contribution in [0.5, 0.6) is 0 Å². The second kappa shape index (κ2) is 4.61. The first-order chi connectivity index (χ1) is 7.00. The molecule has 0 fully saturated rings. The van der Waals surface area contributed by atoms with Gasteiger partial charge in [0, 0.05) is 6.08 Å². The molecule has 3 N–H and O–H groups in total. The molecule has 1 aromatic carbocycles. The smallest absolute Gasteiger partial charge is 0.337 e. The number of carbonyl (C=O) groups is 2. The molecule has 0 aliphatic rings. The van der Waals surface area contributed by atoms with Crippen molar-refractivity contribution in [2.75, 3.05) is 0 Å². The number of rotatable bonds is 3. The number of nitrogens with two attached hydrogens (primary N) is 1. The Kier molecular flexibility index (Phi) is 3.46. The van der Waals surface area contributed by atoms with Gasteiger partial charge in [0.25, 0.3) is 0 Å². The number of carboxylic acids is 1. The van der Waals surface area contributed by atoms with Crippen molar-refractivity contribution in [1.82, 2.24) is 0 Å². The number of halogens is 1. The molecule has 0 spiro atoms. The number of amides is 1. The summed E-state index contributed by atoms with van der Waals surface area (Å²) in [7, 11) is 0. The maximum Gasteiger partial charge on any atom is 0.337 e. The lowest BCUT2D eigenvalue weighted by molar-refractivity contribution is -0.113. The minimum atomic E-state index is -1.09. The molecule has 0 saturated heterocycles. The fraction of sp³-hybridized carbons (Fsp3) is 0. The summed E-state index contributed by atoms with van der Waals surface area (Å²) < 4.78 is 0. The lowest BCUT2D eigenvalue weighted by Gasteiger charge is -1.99. The second-order valence-corrected chi connectivity index (χ2v) is 3.19. The van der Waals surface area contributed by atoms with E-state index in [2.05, 4.69) is 0 Å². The average molecular weight is 226 g/mol. The van der Waals surface area contributed by atoms with E-state index < -0.39 is 11.9 Å². The number of hydrogen-bond acceptors (Lipinski definition) is 2. The maximum absolute atomic E-state index is 10.6. The number of primary amides is 1. The fourth-order valence-corrected chi connectivity index (χ4v) is 1.26. The Bertz CT molecular complexity index is 440. The summed E-state index contributed by atoms with van der Waals surface area (Å²) in [5.74, 6) is -1.67. The molecule has 1 rings (SSSR count). The molecule has 1 amide bonds. The van der Waals surface area contributed by atoms with E-state index in [-0.39, 0.29) is 10.6 Å². The van der Waals surface area contributed by atoms with Crippen molar-refractivity contribution >= 4 is 29.6 Å². The van der Waals surface area contributed by atoms with E-state index in [1.807, 2.05) is 0 Å². The molecule has 0 aromatic heterocycles. The predicted molar refractivity (Wildman–Crippen MR) is 56.6 cm³/mol. The lowest BCUT2D eigenvalue weighted by atomic mass is 10.1. The summed E-state index contributed by atoms with van der Waals surface area (Å²) >= 11 is 5.71. The second-order valence-electron chi connectivity index (χ2n) is 2.78. The van der Waals surface area contributed by atoms with Crippen LogP contribution in [0.25, 0.3) is 6.08 Å². The van der Waals surface area contributed by atoms with Crippen molar-refractivity contribution in [2.24, 2.45) is 5.73 Å². The van der Waals surface area contributed by atoms with Crippen LogP contribution in [0.3, 0.4) is 0 Å². The maximum atomic E-state index is 10.6. The standard InChI is InChI=1S/C10H8ClNO3/c11-8-5-6(2-4-9(12)13)1-3-7(8)10(14)15/h1-5H,(H2,12,13)(H,14,15). The largest absolute Gasteiger partial charge is 0.478 e. The van der Waals surface area contributed by atoms with Gasteiger partial charge >= 0.3 is 5.97 Å². The van der Waals surface area contributed by atoms with Crippen LogP contribution in [0, 0.1) is 0 Å². The quantitative estimate of drug-likeness (QED) is 0.766. The Morgan fingerprint density at radius 3 is 2.53 bits per heavy atom. The Balaban J connectivity index is 3.01. The zero-order valence-electron chi connectivity index (χ0n) is 7.61. The zero-order valence-corrected chi connectivity index (χ0v) is 8.36. The molecule has 0 atom stereocenters. The summed E-state index contributed by atoms with van der Waals surface area (Å²) in [5, 5.41) is 8.82. The van der Waals surface area contributed by atoms with Gasteiger partial charge in [0.2, 0.25) is 5.91 Å². The highest BCUT2D eigenvalue weighted by Gasteiger charge is 2.07. The highest BCUT2D eigenvalue weighted by Crippen LogP contribution is 2.18. The molecule has 0 unspecified atom stereocenters. The molecule has 15 heavy (non-hydrogen) atoms. The van der Waals surface area contributed by atoms with E-state index in [4.69, 9.17) is 22.4 Å². The minimum absolute atomic E-state index is 0.0212. The monoisotopic (exact) mass is 225 g/mol. The molecule has 0 radical (unpaired) electrons. The van der Waals surface area contributed by atoms with E-state index in [9.17, 15) is 9.59 Å². The van der Waals surface area contributed by atoms with E-state index in [0.29, 0.717) is 5.56 Å². The van der Waals surface area contributed by atoms with Gasteiger partial charge in [-0.2, -0.15) is 0 Å². The van der Waals surface area contributed by atoms with E-state index in [1.54, 1.807) is 0 Å². The van der Waals surface area contributed by atoms with Gasteiger partial charge < -0.3 is 10.8 Å². The zero-order chi connectivity index (χ0) is 11.4. The Labute approximate surface area is 91.0 Å². The van der Waals surface area contributed by atoms with Crippen LogP contribution in [0.1, 0.15) is 15.9 Å². The van der Waals surface area contributed by atoms with Gasteiger partial charge in [0.15, 0.2) is 0 Å². The van der Waals surface area contributed by atoms with E-state index in [1.165, 1.54) is 30.4 Å². The van der Waals surface area contributed by atoms with Crippen molar-refractivity contribution in [3.8, 4) is 0 Å². The highest BCUT2D eigenvalue weighted by molar-refractivity contribution is 6.33. The van der Waals surface area contributed by atoms with Crippen LogP contribution in [0.15, 0.2) is 24.3 Å². The molecule has 0 saturated carbocycles. The molecule has 4 nitrogen and oxygen atoms in total. The first-order valence-corrected chi connectivity index (χ1v) is 4.39. The first-order valence-electron chi connectivity index (χ1n) is 4.01. The molecular weight excluding hydrogens is 218 g/mol. The summed E-state index contributed by atoms with van der Waals surface area (Å²) in [6, 6.07) is 4.35. The van der Waals surface area contributed by atoms with Crippen molar-refractivity contribution in [1.29, 1.82) is 0 Å².